The van der Waals surface area contributed by atoms with Gasteiger partial charge >= 0.3 is 5.69 Å². The summed E-state index contributed by atoms with van der Waals surface area (Å²) in [7, 11) is 4.07. The van der Waals surface area contributed by atoms with Crippen LogP contribution < -0.4 is 11.0 Å². The highest BCUT2D eigenvalue weighted by atomic mass is 16.2. The van der Waals surface area contributed by atoms with Crippen LogP contribution in [0.2, 0.25) is 0 Å². The first kappa shape index (κ1) is 16.0. The highest BCUT2D eigenvalue weighted by Crippen LogP contribution is 2.19. The number of hydrogen-bond acceptors (Lipinski definition) is 3. The molecule has 1 aromatic heterocycles. The summed E-state index contributed by atoms with van der Waals surface area (Å²) >= 11 is 0. The van der Waals surface area contributed by atoms with Gasteiger partial charge in [0.25, 0.3) is 5.91 Å². The van der Waals surface area contributed by atoms with E-state index in [1.165, 1.54) is 5.56 Å². The van der Waals surface area contributed by atoms with Crippen molar-refractivity contribution in [3.8, 4) is 0 Å². The van der Waals surface area contributed by atoms with Crippen molar-refractivity contribution in [1.82, 2.24) is 14.9 Å². The Bertz CT molecular complexity index is 907. The van der Waals surface area contributed by atoms with Gasteiger partial charge < -0.3 is 20.2 Å². The maximum Gasteiger partial charge on any atom is 0.323 e. The van der Waals surface area contributed by atoms with Crippen LogP contribution in [-0.2, 0) is 6.42 Å². The van der Waals surface area contributed by atoms with Crippen LogP contribution in [0.4, 0.5) is 5.69 Å². The highest BCUT2D eigenvalue weighted by molar-refractivity contribution is 6.07. The largest absolute Gasteiger partial charge is 0.323 e. The summed E-state index contributed by atoms with van der Waals surface area (Å²) in [6.45, 7) is 0.967. The van der Waals surface area contributed by atoms with Crippen molar-refractivity contribution < 1.29 is 4.79 Å². The number of benzene rings is 2. The van der Waals surface area contributed by atoms with E-state index in [4.69, 9.17) is 0 Å². The van der Waals surface area contributed by atoms with Gasteiger partial charge in [0.2, 0.25) is 0 Å². The number of H-pyrrole nitrogens is 2. The molecule has 3 rings (SSSR count). The highest BCUT2D eigenvalue weighted by Gasteiger charge is 2.10. The van der Waals surface area contributed by atoms with Crippen LogP contribution in [0.3, 0.4) is 0 Å². The molecule has 1 heterocycles. The Labute approximate surface area is 139 Å². The van der Waals surface area contributed by atoms with Gasteiger partial charge in [-0.25, -0.2) is 4.79 Å². The number of carbonyl (C=O) groups is 1. The molecule has 3 aromatic rings. The van der Waals surface area contributed by atoms with Gasteiger partial charge in [-0.15, -0.1) is 0 Å². The van der Waals surface area contributed by atoms with Gasteiger partial charge in [0.05, 0.1) is 16.7 Å². The second-order valence-electron chi connectivity index (χ2n) is 6.01. The Hall–Kier alpha value is -2.86. The predicted molar refractivity (Wildman–Crippen MR) is 95.6 cm³/mol. The molecule has 0 radical (unpaired) electrons. The molecule has 0 bridgehead atoms. The Kier molecular flexibility index (Phi) is 4.48. The van der Waals surface area contributed by atoms with Crippen LogP contribution in [0.25, 0.3) is 11.0 Å². The summed E-state index contributed by atoms with van der Waals surface area (Å²) < 4.78 is 0. The number of aromatic nitrogens is 2. The quantitative estimate of drug-likeness (QED) is 0.673. The van der Waals surface area contributed by atoms with Gasteiger partial charge in [0, 0.05) is 12.1 Å². The fraction of sp³-hybridized carbons (Fsp3) is 0.222. The van der Waals surface area contributed by atoms with E-state index in [1.807, 2.05) is 38.4 Å². The van der Waals surface area contributed by atoms with Gasteiger partial charge in [-0.05, 0) is 50.3 Å². The van der Waals surface area contributed by atoms with Crippen molar-refractivity contribution in [2.75, 3.05) is 26.0 Å². The number of imidazole rings is 1. The number of para-hydroxylation sites is 1. The zero-order valence-electron chi connectivity index (χ0n) is 13.7. The predicted octanol–water partition coefficient (Wildman–Crippen LogP) is 2.21. The van der Waals surface area contributed by atoms with Crippen molar-refractivity contribution in [2.24, 2.45) is 0 Å². The van der Waals surface area contributed by atoms with E-state index in [9.17, 15) is 9.59 Å². The number of aromatic amines is 2. The average molecular weight is 324 g/mol. The third-order valence-electron chi connectivity index (χ3n) is 3.86. The maximum absolute atomic E-state index is 12.4. The summed E-state index contributed by atoms with van der Waals surface area (Å²) in [5, 5.41) is 2.85. The maximum atomic E-state index is 12.4. The van der Waals surface area contributed by atoms with Crippen molar-refractivity contribution in [3.63, 3.8) is 0 Å². The second-order valence-corrected chi connectivity index (χ2v) is 6.01. The molecule has 124 valence electrons. The number of likely N-dealkylation sites (N-methyl/N-ethyl adjacent to an activating group) is 1. The molecule has 0 aliphatic rings. The molecule has 0 atom stereocenters. The van der Waals surface area contributed by atoms with Crippen LogP contribution >= 0.6 is 0 Å². The fourth-order valence-corrected chi connectivity index (χ4v) is 2.53. The molecule has 6 heteroatoms. The van der Waals surface area contributed by atoms with E-state index in [0.29, 0.717) is 22.3 Å². The topological polar surface area (TPSA) is 81.0 Å². The summed E-state index contributed by atoms with van der Waals surface area (Å²) in [6.07, 6.45) is 0.943. The van der Waals surface area contributed by atoms with Crippen LogP contribution in [0.1, 0.15) is 15.9 Å². The van der Waals surface area contributed by atoms with Crippen molar-refractivity contribution in [2.45, 2.75) is 6.42 Å². The molecule has 3 N–H and O–H groups in total. The normalized spacial score (nSPS) is 11.1. The van der Waals surface area contributed by atoms with Crippen LogP contribution in [0.15, 0.2) is 47.3 Å². The molecule has 0 aliphatic carbocycles. The lowest BCUT2D eigenvalue weighted by Crippen LogP contribution is -2.15. The first-order valence-corrected chi connectivity index (χ1v) is 7.79. The Morgan fingerprint density at radius 3 is 2.54 bits per heavy atom. The molecular formula is C18H20N4O2. The number of anilines is 1. The molecule has 0 unspecified atom stereocenters. The second kappa shape index (κ2) is 6.72. The lowest BCUT2D eigenvalue weighted by molar-refractivity contribution is 0.102. The summed E-state index contributed by atoms with van der Waals surface area (Å²) in [5.41, 5.74) is 3.32. The summed E-state index contributed by atoms with van der Waals surface area (Å²) in [6, 6.07) is 12.9. The van der Waals surface area contributed by atoms with Crippen molar-refractivity contribution in [1.29, 1.82) is 0 Å². The number of fused-ring (bicyclic) bond motifs is 1. The van der Waals surface area contributed by atoms with E-state index in [2.05, 4.69) is 20.2 Å². The lowest BCUT2D eigenvalue weighted by atomic mass is 10.1. The van der Waals surface area contributed by atoms with Crippen LogP contribution in [0, 0.1) is 0 Å². The molecule has 0 fully saturated rings. The number of rotatable bonds is 5. The first-order valence-electron chi connectivity index (χ1n) is 7.79. The Balaban J connectivity index is 1.75. The molecule has 0 saturated heterocycles. The minimum absolute atomic E-state index is 0.205. The van der Waals surface area contributed by atoms with Crippen LogP contribution in [-0.4, -0.2) is 41.4 Å². The van der Waals surface area contributed by atoms with E-state index in [1.54, 1.807) is 18.2 Å². The lowest BCUT2D eigenvalue weighted by Gasteiger charge is -2.10. The molecule has 6 nitrogen and oxygen atoms in total. The fourth-order valence-electron chi connectivity index (χ4n) is 2.53. The summed E-state index contributed by atoms with van der Waals surface area (Å²) in [4.78, 5) is 31.3. The Morgan fingerprint density at radius 1 is 1.08 bits per heavy atom. The molecule has 0 aliphatic heterocycles. The smallest absolute Gasteiger partial charge is 0.320 e. The molecule has 2 aromatic carbocycles. The minimum atomic E-state index is -0.294. The van der Waals surface area contributed by atoms with E-state index < -0.39 is 0 Å². The molecule has 0 spiro atoms. The number of hydrogen-bond donors (Lipinski definition) is 3. The van der Waals surface area contributed by atoms with Crippen molar-refractivity contribution in [3.05, 3.63) is 64.1 Å². The van der Waals surface area contributed by atoms with E-state index in [0.717, 1.165) is 13.0 Å². The van der Waals surface area contributed by atoms with E-state index >= 15 is 0 Å². The number of nitrogens with zero attached hydrogens (tertiary/aromatic N) is 1. The first-order chi connectivity index (χ1) is 11.5. The minimum Gasteiger partial charge on any atom is -0.320 e. The monoisotopic (exact) mass is 324 g/mol. The van der Waals surface area contributed by atoms with Gasteiger partial charge in [0.15, 0.2) is 0 Å². The third-order valence-corrected chi connectivity index (χ3v) is 3.86. The van der Waals surface area contributed by atoms with Crippen molar-refractivity contribution >= 4 is 22.6 Å². The zero-order valence-corrected chi connectivity index (χ0v) is 13.7. The number of nitrogens with one attached hydrogen (secondary N) is 3. The van der Waals surface area contributed by atoms with Gasteiger partial charge in [-0.3, -0.25) is 4.79 Å². The van der Waals surface area contributed by atoms with E-state index in [-0.39, 0.29) is 11.6 Å². The molecule has 1 amide bonds. The average Bonchev–Trinajstić information content (AvgIpc) is 2.94. The van der Waals surface area contributed by atoms with Crippen LogP contribution in [0.5, 0.6) is 0 Å². The number of carbonyl (C=O) groups excluding carboxylic acids is 1. The Morgan fingerprint density at radius 2 is 1.83 bits per heavy atom. The van der Waals surface area contributed by atoms with Gasteiger partial charge in [0.1, 0.15) is 0 Å². The third kappa shape index (κ3) is 3.55. The standard InChI is InChI=1S/C18H20N4O2/c1-22(2)11-10-12-6-8-13(9-7-12)17(23)19-14-4-3-5-15-16(14)21-18(24)20-15/h3-9H,10-11H2,1-2H3,(H,19,23)(H2,20,21,24). The SMILES string of the molecule is CN(C)CCc1ccc(C(=O)Nc2cccc3[nH]c(=O)[nH]c23)cc1. The van der Waals surface area contributed by atoms with Gasteiger partial charge in [-0.2, -0.15) is 0 Å². The molecule has 0 saturated carbocycles. The summed E-state index contributed by atoms with van der Waals surface area (Å²) in [5.74, 6) is -0.205. The number of amides is 1. The zero-order chi connectivity index (χ0) is 17.1. The molecule has 24 heavy (non-hydrogen) atoms. The molecular weight excluding hydrogens is 304 g/mol. The van der Waals surface area contributed by atoms with Gasteiger partial charge in [-0.1, -0.05) is 18.2 Å².